The average molecular weight is 266 g/mol. The van der Waals surface area contributed by atoms with Gasteiger partial charge in [-0.1, -0.05) is 47.5 Å². The Balaban J connectivity index is 2.46. The molecule has 2 aromatic rings. The maximum absolute atomic E-state index is 6.14. The molecule has 2 N–H and O–H groups in total. The van der Waals surface area contributed by atoms with Gasteiger partial charge in [-0.05, 0) is 41.3 Å². The third-order valence-electron chi connectivity index (χ3n) is 2.78. The summed E-state index contributed by atoms with van der Waals surface area (Å²) in [5, 5.41) is 1.46. The van der Waals surface area contributed by atoms with E-state index < -0.39 is 0 Å². The van der Waals surface area contributed by atoms with Crippen LogP contribution in [0.3, 0.4) is 0 Å². The molecule has 1 nitrogen and oxygen atoms in total. The first-order valence-corrected chi connectivity index (χ1v) is 6.12. The fourth-order valence-electron chi connectivity index (χ4n) is 1.66. The summed E-state index contributed by atoms with van der Waals surface area (Å²) < 4.78 is 0. The molecule has 0 aromatic heterocycles. The van der Waals surface area contributed by atoms with Gasteiger partial charge in [0.2, 0.25) is 0 Å². The van der Waals surface area contributed by atoms with Gasteiger partial charge in [-0.25, -0.2) is 0 Å². The van der Waals surface area contributed by atoms with Crippen molar-refractivity contribution in [3.63, 3.8) is 0 Å². The van der Waals surface area contributed by atoms with Crippen molar-refractivity contribution in [1.82, 2.24) is 0 Å². The van der Waals surface area contributed by atoms with Crippen molar-refractivity contribution in [1.29, 1.82) is 0 Å². The van der Waals surface area contributed by atoms with Crippen LogP contribution in [0.5, 0.6) is 0 Å². The quantitative estimate of drug-likeness (QED) is 0.855. The Morgan fingerprint density at radius 2 is 1.53 bits per heavy atom. The molecule has 0 bridgehead atoms. The molecule has 0 aliphatic rings. The van der Waals surface area contributed by atoms with Crippen molar-refractivity contribution >= 4 is 23.2 Å². The summed E-state index contributed by atoms with van der Waals surface area (Å²) in [4.78, 5) is 0. The highest BCUT2D eigenvalue weighted by Crippen LogP contribution is 2.28. The normalized spacial score (nSPS) is 10.6. The second-order valence-electron chi connectivity index (χ2n) is 3.97. The Kier molecular flexibility index (Phi) is 3.72. The molecule has 2 aromatic carbocycles. The van der Waals surface area contributed by atoms with E-state index in [1.54, 1.807) is 0 Å². The number of rotatable bonds is 2. The summed E-state index contributed by atoms with van der Waals surface area (Å²) in [7, 11) is 0. The lowest BCUT2D eigenvalue weighted by molar-refractivity contribution is 1.07. The van der Waals surface area contributed by atoms with E-state index in [-0.39, 0.29) is 0 Å². The third-order valence-corrected chi connectivity index (χ3v) is 3.54. The van der Waals surface area contributed by atoms with Crippen molar-refractivity contribution in [2.45, 2.75) is 13.5 Å². The molecule has 0 aliphatic heterocycles. The molecular formula is C14H13Cl2N. The zero-order chi connectivity index (χ0) is 12.4. The predicted octanol–water partition coefficient (Wildman–Crippen LogP) is 4.43. The number of aryl methyl sites for hydroxylation is 1. The van der Waals surface area contributed by atoms with E-state index >= 15 is 0 Å². The Hall–Kier alpha value is -1.02. The molecule has 0 unspecified atom stereocenters. The van der Waals surface area contributed by atoms with Crippen molar-refractivity contribution in [3.05, 3.63) is 57.6 Å². The highest BCUT2D eigenvalue weighted by atomic mass is 35.5. The van der Waals surface area contributed by atoms with Crippen LogP contribution in [0.25, 0.3) is 11.1 Å². The summed E-state index contributed by atoms with van der Waals surface area (Å²) in [5.74, 6) is 0. The minimum Gasteiger partial charge on any atom is -0.326 e. The first-order valence-electron chi connectivity index (χ1n) is 5.37. The van der Waals surface area contributed by atoms with Crippen LogP contribution in [-0.4, -0.2) is 0 Å². The van der Waals surface area contributed by atoms with Gasteiger partial charge in [0, 0.05) is 16.6 Å². The summed E-state index contributed by atoms with van der Waals surface area (Å²) in [5.41, 5.74) is 9.71. The lowest BCUT2D eigenvalue weighted by atomic mass is 10.0. The highest BCUT2D eigenvalue weighted by molar-refractivity contribution is 6.32. The van der Waals surface area contributed by atoms with Gasteiger partial charge in [0.1, 0.15) is 0 Å². The summed E-state index contributed by atoms with van der Waals surface area (Å²) in [6.07, 6.45) is 0. The Labute approximate surface area is 111 Å². The topological polar surface area (TPSA) is 26.0 Å². The first kappa shape index (κ1) is 12.4. The molecule has 0 atom stereocenters. The Morgan fingerprint density at radius 3 is 2.06 bits per heavy atom. The average Bonchev–Trinajstić information content (AvgIpc) is 2.32. The second-order valence-corrected chi connectivity index (χ2v) is 4.79. The van der Waals surface area contributed by atoms with E-state index in [0.29, 0.717) is 11.6 Å². The van der Waals surface area contributed by atoms with Gasteiger partial charge in [-0.3, -0.25) is 0 Å². The molecule has 0 aliphatic carbocycles. The monoisotopic (exact) mass is 265 g/mol. The third kappa shape index (κ3) is 2.63. The van der Waals surface area contributed by atoms with Gasteiger partial charge >= 0.3 is 0 Å². The Bertz CT molecular complexity index is 550. The van der Waals surface area contributed by atoms with Crippen molar-refractivity contribution in [2.75, 3.05) is 0 Å². The molecular weight excluding hydrogens is 253 g/mol. The van der Waals surface area contributed by atoms with Crippen molar-refractivity contribution in [2.24, 2.45) is 5.73 Å². The van der Waals surface area contributed by atoms with Crippen LogP contribution in [0, 0.1) is 6.92 Å². The standard InChI is InChI=1S/C14H13Cl2N/c1-9-2-3-10(6-13(9)15)11-4-5-12(8-17)14(16)7-11/h2-7H,8,17H2,1H3. The van der Waals surface area contributed by atoms with Gasteiger partial charge in [0.15, 0.2) is 0 Å². The summed E-state index contributed by atoms with van der Waals surface area (Å²) >= 11 is 12.2. The molecule has 0 saturated heterocycles. The van der Waals surface area contributed by atoms with Crippen LogP contribution in [0.15, 0.2) is 36.4 Å². The maximum Gasteiger partial charge on any atom is 0.0457 e. The van der Waals surface area contributed by atoms with Crippen LogP contribution in [0.4, 0.5) is 0 Å². The number of benzene rings is 2. The molecule has 0 spiro atoms. The van der Waals surface area contributed by atoms with Crippen LogP contribution in [0.2, 0.25) is 10.0 Å². The molecule has 2 rings (SSSR count). The molecule has 0 fully saturated rings. The van der Waals surface area contributed by atoms with Crippen LogP contribution < -0.4 is 5.73 Å². The molecule has 0 amide bonds. The van der Waals surface area contributed by atoms with Crippen LogP contribution in [0.1, 0.15) is 11.1 Å². The minimum absolute atomic E-state index is 0.452. The second kappa shape index (κ2) is 5.09. The molecule has 0 saturated carbocycles. The number of nitrogens with two attached hydrogens (primary N) is 1. The first-order chi connectivity index (χ1) is 8.11. The molecule has 0 heterocycles. The van der Waals surface area contributed by atoms with Crippen molar-refractivity contribution in [3.8, 4) is 11.1 Å². The van der Waals surface area contributed by atoms with Crippen molar-refractivity contribution < 1.29 is 0 Å². The SMILES string of the molecule is Cc1ccc(-c2ccc(CN)c(Cl)c2)cc1Cl. The van der Waals surface area contributed by atoms with E-state index in [2.05, 4.69) is 0 Å². The fourth-order valence-corrected chi connectivity index (χ4v) is 2.10. The highest BCUT2D eigenvalue weighted by Gasteiger charge is 2.04. The zero-order valence-corrected chi connectivity index (χ0v) is 11.0. The number of halogens is 2. The van der Waals surface area contributed by atoms with E-state index in [1.165, 1.54) is 0 Å². The van der Waals surface area contributed by atoms with Gasteiger partial charge in [-0.2, -0.15) is 0 Å². The van der Waals surface area contributed by atoms with Gasteiger partial charge < -0.3 is 5.73 Å². The van der Waals surface area contributed by atoms with E-state index in [1.807, 2.05) is 43.3 Å². The van der Waals surface area contributed by atoms with Crippen LogP contribution >= 0.6 is 23.2 Å². The van der Waals surface area contributed by atoms with Gasteiger partial charge in [-0.15, -0.1) is 0 Å². The van der Waals surface area contributed by atoms with E-state index in [9.17, 15) is 0 Å². The van der Waals surface area contributed by atoms with E-state index in [4.69, 9.17) is 28.9 Å². The number of hydrogen-bond donors (Lipinski definition) is 1. The smallest absolute Gasteiger partial charge is 0.0457 e. The molecule has 88 valence electrons. The zero-order valence-electron chi connectivity index (χ0n) is 9.50. The molecule has 3 heteroatoms. The summed E-state index contributed by atoms with van der Waals surface area (Å²) in [6, 6.07) is 11.9. The lowest BCUT2D eigenvalue weighted by Crippen LogP contribution is -1.96. The maximum atomic E-state index is 6.14. The van der Waals surface area contributed by atoms with Crippen LogP contribution in [-0.2, 0) is 6.54 Å². The van der Waals surface area contributed by atoms with Gasteiger partial charge in [0.05, 0.1) is 0 Å². The summed E-state index contributed by atoms with van der Waals surface area (Å²) in [6.45, 7) is 2.43. The molecule has 0 radical (unpaired) electrons. The van der Waals surface area contributed by atoms with Gasteiger partial charge in [0.25, 0.3) is 0 Å². The minimum atomic E-state index is 0.452. The van der Waals surface area contributed by atoms with E-state index in [0.717, 1.165) is 27.3 Å². The Morgan fingerprint density at radius 1 is 0.941 bits per heavy atom. The fraction of sp³-hybridized carbons (Fsp3) is 0.143. The number of hydrogen-bond acceptors (Lipinski definition) is 1. The molecule has 17 heavy (non-hydrogen) atoms. The largest absolute Gasteiger partial charge is 0.326 e. The lowest BCUT2D eigenvalue weighted by Gasteiger charge is -2.07. The predicted molar refractivity (Wildman–Crippen MR) is 74.5 cm³/mol.